The summed E-state index contributed by atoms with van der Waals surface area (Å²) in [4.78, 5) is 37.4. The first-order chi connectivity index (χ1) is 14.8. The Morgan fingerprint density at radius 3 is 2.22 bits per heavy atom. The molecule has 0 bridgehead atoms. The van der Waals surface area contributed by atoms with E-state index in [0.717, 1.165) is 12.1 Å². The molecule has 1 rings (SSSR count). The molecule has 0 heterocycles. The monoisotopic (exact) mass is 448 g/mol. The predicted molar refractivity (Wildman–Crippen MR) is 119 cm³/mol. The molecule has 6 nitrogen and oxygen atoms in total. The smallest absolute Gasteiger partial charge is 0.333 e. The number of nitrogens with one attached hydrogen (secondary N) is 2. The quantitative estimate of drug-likeness (QED) is 0.447. The molecule has 8 heteroatoms. The molecule has 0 aliphatic heterocycles. The molecule has 0 radical (unpaired) electrons. The molecule has 0 unspecified atom stereocenters. The van der Waals surface area contributed by atoms with Crippen molar-refractivity contribution < 1.29 is 27.9 Å². The second kappa shape index (κ2) is 11.9. The van der Waals surface area contributed by atoms with Gasteiger partial charge in [0.2, 0.25) is 11.8 Å². The first-order valence-electron chi connectivity index (χ1n) is 10.1. The van der Waals surface area contributed by atoms with Crippen LogP contribution in [-0.2, 0) is 25.5 Å². The molecule has 174 valence electrons. The Morgan fingerprint density at radius 1 is 1.09 bits per heavy atom. The maximum atomic E-state index is 13.3. The molecule has 0 aliphatic carbocycles. The van der Waals surface area contributed by atoms with E-state index in [1.807, 2.05) is 6.92 Å². The van der Waals surface area contributed by atoms with E-state index in [1.54, 1.807) is 45.1 Å². The molecule has 2 amide bonds. The number of carbonyl (C=O) groups excluding carboxylic acids is 3. The number of rotatable bonds is 9. The zero-order valence-corrected chi connectivity index (χ0v) is 19.0. The molecule has 0 saturated heterocycles. The summed E-state index contributed by atoms with van der Waals surface area (Å²) >= 11 is 0. The first kappa shape index (κ1) is 26.7. The minimum atomic E-state index is -1.17. The van der Waals surface area contributed by atoms with Crippen molar-refractivity contribution >= 4 is 17.8 Å². The fraction of sp³-hybridized carbons (Fsp3) is 0.375. The van der Waals surface area contributed by atoms with Crippen molar-refractivity contribution in [3.8, 4) is 0 Å². The summed E-state index contributed by atoms with van der Waals surface area (Å²) in [5.74, 6) is -3.57. The number of hydrogen-bond acceptors (Lipinski definition) is 4. The molecule has 0 aromatic heterocycles. The molecule has 2 N–H and O–H groups in total. The Balaban J connectivity index is 2.86. The molecule has 0 spiro atoms. The van der Waals surface area contributed by atoms with Crippen molar-refractivity contribution in [1.82, 2.24) is 10.6 Å². The van der Waals surface area contributed by atoms with Crippen LogP contribution in [0.4, 0.5) is 8.78 Å². The van der Waals surface area contributed by atoms with Gasteiger partial charge in [0, 0.05) is 6.07 Å². The van der Waals surface area contributed by atoms with Crippen LogP contribution >= 0.6 is 0 Å². The second-order valence-corrected chi connectivity index (χ2v) is 8.18. The second-order valence-electron chi connectivity index (χ2n) is 8.18. The van der Waals surface area contributed by atoms with Gasteiger partial charge < -0.3 is 15.4 Å². The summed E-state index contributed by atoms with van der Waals surface area (Å²) in [5, 5.41) is 4.97. The van der Waals surface area contributed by atoms with Crippen molar-refractivity contribution in [2.45, 2.75) is 58.7 Å². The van der Waals surface area contributed by atoms with E-state index in [-0.39, 0.29) is 12.0 Å². The highest BCUT2D eigenvalue weighted by Crippen LogP contribution is 2.13. The summed E-state index contributed by atoms with van der Waals surface area (Å²) < 4.78 is 32.0. The van der Waals surface area contributed by atoms with E-state index in [2.05, 4.69) is 17.2 Å². The Morgan fingerprint density at radius 2 is 1.69 bits per heavy atom. The van der Waals surface area contributed by atoms with Crippen molar-refractivity contribution in [2.24, 2.45) is 0 Å². The van der Waals surface area contributed by atoms with Gasteiger partial charge in [-0.1, -0.05) is 30.9 Å². The number of carbonyl (C=O) groups is 3. The number of hydrogen-bond donors (Lipinski definition) is 2. The van der Waals surface area contributed by atoms with Crippen LogP contribution < -0.4 is 10.6 Å². The normalized spacial score (nSPS) is 13.6. The molecular weight excluding hydrogens is 418 g/mol. The number of allylic oxidation sites excluding steroid dienone is 3. The number of amides is 2. The third kappa shape index (κ3) is 9.68. The van der Waals surface area contributed by atoms with Crippen molar-refractivity contribution in [3.63, 3.8) is 0 Å². The third-order valence-electron chi connectivity index (χ3n) is 3.97. The summed E-state index contributed by atoms with van der Waals surface area (Å²) in [5.41, 5.74) is -0.367. The zero-order valence-electron chi connectivity index (χ0n) is 19.0. The van der Waals surface area contributed by atoms with Gasteiger partial charge in [-0.2, -0.15) is 0 Å². The van der Waals surface area contributed by atoms with E-state index in [0.29, 0.717) is 11.6 Å². The standard InChI is InChI=1S/C24H30F2N2O4/c1-7-8-9-10-15(2)21(23(31)32-24(4,5)6)28-22(30)16(3)27-20(29)13-17-11-18(25)14-19(26)12-17/h7-12,14,16,21H,2,13H2,1,3-6H3,(H,27,29)(H,28,30)/b8-7-,10-9-/t16-,21-/m0/s1. The van der Waals surface area contributed by atoms with E-state index in [9.17, 15) is 23.2 Å². The maximum Gasteiger partial charge on any atom is 0.333 e. The molecule has 32 heavy (non-hydrogen) atoms. The van der Waals surface area contributed by atoms with Gasteiger partial charge in [-0.25, -0.2) is 13.6 Å². The van der Waals surface area contributed by atoms with Crippen molar-refractivity contribution in [3.05, 3.63) is 71.9 Å². The van der Waals surface area contributed by atoms with E-state index in [4.69, 9.17) is 4.74 Å². The number of benzene rings is 1. The largest absolute Gasteiger partial charge is 0.458 e. The van der Waals surface area contributed by atoms with Gasteiger partial charge in [0.05, 0.1) is 6.42 Å². The van der Waals surface area contributed by atoms with Gasteiger partial charge >= 0.3 is 5.97 Å². The van der Waals surface area contributed by atoms with Gasteiger partial charge in [-0.05, 0) is 57.9 Å². The summed E-state index contributed by atoms with van der Waals surface area (Å²) in [6, 6.07) is 0.574. The lowest BCUT2D eigenvalue weighted by molar-refractivity contribution is -0.157. The van der Waals surface area contributed by atoms with Crippen LogP contribution in [0.5, 0.6) is 0 Å². The SMILES string of the molecule is C=C(/C=C\C=C/C)[C@H](NC(=O)[C@H](C)NC(=O)Cc1cc(F)cc(F)c1)C(=O)OC(C)(C)C. The highest BCUT2D eigenvalue weighted by molar-refractivity contribution is 5.92. The lowest BCUT2D eigenvalue weighted by Crippen LogP contribution is -2.52. The van der Waals surface area contributed by atoms with Gasteiger partial charge in [0.25, 0.3) is 0 Å². The van der Waals surface area contributed by atoms with Gasteiger partial charge in [0.15, 0.2) is 6.04 Å². The maximum absolute atomic E-state index is 13.3. The van der Waals surface area contributed by atoms with Gasteiger partial charge in [-0.3, -0.25) is 9.59 Å². The lowest BCUT2D eigenvalue weighted by atomic mass is 10.1. The first-order valence-corrected chi connectivity index (χ1v) is 10.1. The van der Waals surface area contributed by atoms with E-state index >= 15 is 0 Å². The number of ether oxygens (including phenoxy) is 1. The van der Waals surface area contributed by atoms with Crippen LogP contribution in [0.15, 0.2) is 54.7 Å². The van der Waals surface area contributed by atoms with Crippen LogP contribution in [-0.4, -0.2) is 35.5 Å². The third-order valence-corrected chi connectivity index (χ3v) is 3.97. The molecule has 1 aromatic carbocycles. The van der Waals surface area contributed by atoms with Crippen LogP contribution in [0.1, 0.15) is 40.2 Å². The molecule has 2 atom stereocenters. The fourth-order valence-corrected chi connectivity index (χ4v) is 2.57. The summed E-state index contributed by atoms with van der Waals surface area (Å²) in [6.07, 6.45) is 6.43. The number of halogens is 2. The van der Waals surface area contributed by atoms with Crippen LogP contribution in [0.3, 0.4) is 0 Å². The van der Waals surface area contributed by atoms with E-state index in [1.165, 1.54) is 6.92 Å². The van der Waals surface area contributed by atoms with Gasteiger partial charge in [-0.15, -0.1) is 0 Å². The zero-order chi connectivity index (χ0) is 24.5. The van der Waals surface area contributed by atoms with Crippen LogP contribution in [0.2, 0.25) is 0 Å². The highest BCUT2D eigenvalue weighted by Gasteiger charge is 2.29. The van der Waals surface area contributed by atoms with Crippen LogP contribution in [0.25, 0.3) is 0 Å². The minimum Gasteiger partial charge on any atom is -0.458 e. The molecule has 1 aromatic rings. The Hall–Kier alpha value is -3.29. The number of esters is 1. The Kier molecular flexibility index (Phi) is 9.97. The Labute approximate surface area is 187 Å². The fourth-order valence-electron chi connectivity index (χ4n) is 2.57. The highest BCUT2D eigenvalue weighted by atomic mass is 19.1. The lowest BCUT2D eigenvalue weighted by Gasteiger charge is -2.26. The van der Waals surface area contributed by atoms with Crippen molar-refractivity contribution in [2.75, 3.05) is 0 Å². The average Bonchev–Trinajstić information content (AvgIpc) is 2.63. The molecule has 0 aliphatic rings. The van der Waals surface area contributed by atoms with Gasteiger partial charge in [0.1, 0.15) is 23.3 Å². The molecular formula is C24H30F2N2O4. The van der Waals surface area contributed by atoms with Crippen LogP contribution in [0, 0.1) is 11.6 Å². The predicted octanol–water partition coefficient (Wildman–Crippen LogP) is 3.53. The Bertz CT molecular complexity index is 897. The topological polar surface area (TPSA) is 84.5 Å². The summed E-state index contributed by atoms with van der Waals surface area (Å²) in [6.45, 7) is 12.2. The molecule has 0 fully saturated rings. The summed E-state index contributed by atoms with van der Waals surface area (Å²) in [7, 11) is 0. The van der Waals surface area contributed by atoms with E-state index < -0.39 is 47.1 Å². The average molecular weight is 449 g/mol. The molecule has 0 saturated carbocycles. The van der Waals surface area contributed by atoms with Crippen molar-refractivity contribution in [1.29, 1.82) is 0 Å². The minimum absolute atomic E-state index is 0.127.